The van der Waals surface area contributed by atoms with E-state index in [1.54, 1.807) is 18.3 Å². The van der Waals surface area contributed by atoms with Crippen LogP contribution in [0.2, 0.25) is 0 Å². The molecule has 30 heavy (non-hydrogen) atoms. The summed E-state index contributed by atoms with van der Waals surface area (Å²) in [6, 6.07) is 29.4. The van der Waals surface area contributed by atoms with E-state index in [9.17, 15) is 4.79 Å². The average molecular weight is 506 g/mol. The Morgan fingerprint density at radius 3 is 2.57 bits per heavy atom. The fourth-order valence-corrected chi connectivity index (χ4v) is 3.45. The summed E-state index contributed by atoms with van der Waals surface area (Å²) in [5.74, 6) is 0.502. The minimum atomic E-state index is -0.244. The van der Waals surface area contributed by atoms with Crippen molar-refractivity contribution in [2.45, 2.75) is 6.61 Å². The first-order chi connectivity index (χ1) is 14.7. The molecular weight excluding hydrogens is 487 g/mol. The quantitative estimate of drug-likeness (QED) is 0.205. The first-order valence-corrected chi connectivity index (χ1v) is 10.6. The molecule has 148 valence electrons. The normalized spacial score (nSPS) is 11.0. The Morgan fingerprint density at radius 2 is 1.70 bits per heavy atom. The lowest BCUT2D eigenvalue weighted by Crippen LogP contribution is -2.17. The Bertz CT molecular complexity index is 1200. The topological polar surface area (TPSA) is 50.7 Å². The van der Waals surface area contributed by atoms with Crippen LogP contribution in [0.3, 0.4) is 0 Å². The van der Waals surface area contributed by atoms with E-state index in [-0.39, 0.29) is 5.91 Å². The van der Waals surface area contributed by atoms with Crippen LogP contribution in [0, 0.1) is 3.57 Å². The maximum absolute atomic E-state index is 12.1. The summed E-state index contributed by atoms with van der Waals surface area (Å²) >= 11 is 2.20. The van der Waals surface area contributed by atoms with E-state index in [0.29, 0.717) is 12.2 Å². The summed E-state index contributed by atoms with van der Waals surface area (Å²) in [6.45, 7) is 0.478. The van der Waals surface area contributed by atoms with Crippen LogP contribution in [0.4, 0.5) is 0 Å². The molecule has 0 bridgehead atoms. The highest BCUT2D eigenvalue weighted by atomic mass is 127. The van der Waals surface area contributed by atoms with Crippen molar-refractivity contribution in [2.24, 2.45) is 5.10 Å². The van der Waals surface area contributed by atoms with Crippen LogP contribution in [-0.4, -0.2) is 12.1 Å². The number of fused-ring (bicyclic) bond motifs is 1. The highest BCUT2D eigenvalue weighted by Crippen LogP contribution is 2.21. The zero-order chi connectivity index (χ0) is 20.8. The molecule has 0 saturated heterocycles. The van der Waals surface area contributed by atoms with Crippen LogP contribution >= 0.6 is 22.6 Å². The van der Waals surface area contributed by atoms with Gasteiger partial charge < -0.3 is 4.74 Å². The van der Waals surface area contributed by atoms with Gasteiger partial charge in [-0.1, -0.05) is 54.6 Å². The number of nitrogens with zero attached hydrogens (tertiary/aromatic N) is 1. The lowest BCUT2D eigenvalue weighted by Gasteiger charge is -2.09. The van der Waals surface area contributed by atoms with Crippen LogP contribution in [0.25, 0.3) is 10.8 Å². The van der Waals surface area contributed by atoms with Gasteiger partial charge in [0.05, 0.1) is 6.21 Å². The number of ether oxygens (including phenoxy) is 1. The number of halogens is 1. The molecule has 0 aliphatic carbocycles. The van der Waals surface area contributed by atoms with Gasteiger partial charge in [0.1, 0.15) is 12.4 Å². The van der Waals surface area contributed by atoms with Gasteiger partial charge in [0.2, 0.25) is 0 Å². The molecule has 0 heterocycles. The van der Waals surface area contributed by atoms with Crippen LogP contribution in [0.5, 0.6) is 5.75 Å². The lowest BCUT2D eigenvalue weighted by molar-refractivity contribution is 0.0955. The van der Waals surface area contributed by atoms with Gasteiger partial charge in [-0.2, -0.15) is 5.10 Å². The summed E-state index contributed by atoms with van der Waals surface area (Å²) < 4.78 is 7.08. The van der Waals surface area contributed by atoms with Crippen molar-refractivity contribution in [3.63, 3.8) is 0 Å². The van der Waals surface area contributed by atoms with Gasteiger partial charge in [-0.3, -0.25) is 4.79 Å². The largest absolute Gasteiger partial charge is 0.489 e. The smallest absolute Gasteiger partial charge is 0.271 e. The van der Waals surface area contributed by atoms with Crippen LogP contribution < -0.4 is 10.2 Å². The molecular formula is C25H19IN2O2. The summed E-state index contributed by atoms with van der Waals surface area (Å²) in [7, 11) is 0. The first kappa shape index (κ1) is 20.1. The Labute approximate surface area is 188 Å². The van der Waals surface area contributed by atoms with E-state index in [4.69, 9.17) is 4.74 Å². The van der Waals surface area contributed by atoms with E-state index < -0.39 is 0 Å². The fraction of sp³-hybridized carbons (Fsp3) is 0.0400. The monoisotopic (exact) mass is 506 g/mol. The number of hydrogen-bond acceptors (Lipinski definition) is 3. The number of hydrogen-bond donors (Lipinski definition) is 1. The Kier molecular flexibility index (Phi) is 6.39. The molecule has 4 rings (SSSR count). The molecule has 0 aliphatic heterocycles. The second-order valence-corrected chi connectivity index (χ2v) is 7.95. The number of amides is 1. The minimum Gasteiger partial charge on any atom is -0.489 e. The van der Waals surface area contributed by atoms with Gasteiger partial charge in [0, 0.05) is 9.13 Å². The SMILES string of the molecule is O=C(N/N=C\c1cccc(OCc2cccc3ccccc23)c1)c1ccc(I)cc1. The minimum absolute atomic E-state index is 0.244. The molecule has 0 unspecified atom stereocenters. The Hall–Kier alpha value is -3.19. The van der Waals surface area contributed by atoms with Gasteiger partial charge in [0.25, 0.3) is 5.91 Å². The molecule has 4 nitrogen and oxygen atoms in total. The van der Waals surface area contributed by atoms with Crippen molar-refractivity contribution < 1.29 is 9.53 Å². The van der Waals surface area contributed by atoms with Crippen molar-refractivity contribution in [2.75, 3.05) is 0 Å². The third kappa shape index (κ3) is 5.04. The zero-order valence-corrected chi connectivity index (χ0v) is 18.2. The molecule has 0 atom stereocenters. The zero-order valence-electron chi connectivity index (χ0n) is 16.1. The van der Waals surface area contributed by atoms with E-state index in [1.165, 1.54) is 10.8 Å². The van der Waals surface area contributed by atoms with Gasteiger partial charge >= 0.3 is 0 Å². The standard InChI is InChI=1S/C25H19IN2O2/c26-22-13-11-20(12-14-22)25(29)28-27-16-18-5-3-9-23(15-18)30-17-21-8-4-7-19-6-1-2-10-24(19)21/h1-16H,17H2,(H,28,29)/b27-16-. The van der Waals surface area contributed by atoms with Gasteiger partial charge in [0.15, 0.2) is 0 Å². The number of rotatable bonds is 6. The molecule has 4 aromatic rings. The van der Waals surface area contributed by atoms with E-state index >= 15 is 0 Å². The molecule has 0 saturated carbocycles. The van der Waals surface area contributed by atoms with Gasteiger partial charge in [-0.05, 0) is 80.9 Å². The highest BCUT2D eigenvalue weighted by molar-refractivity contribution is 14.1. The fourth-order valence-electron chi connectivity index (χ4n) is 3.10. The Balaban J connectivity index is 1.39. The summed E-state index contributed by atoms with van der Waals surface area (Å²) in [5.41, 5.74) is 5.10. The van der Waals surface area contributed by atoms with Crippen molar-refractivity contribution in [1.82, 2.24) is 5.43 Å². The van der Waals surface area contributed by atoms with Gasteiger partial charge in [-0.15, -0.1) is 0 Å². The predicted molar refractivity (Wildman–Crippen MR) is 129 cm³/mol. The number of hydrazone groups is 1. The predicted octanol–water partition coefficient (Wildman–Crippen LogP) is 5.79. The molecule has 1 N–H and O–H groups in total. The second kappa shape index (κ2) is 9.54. The van der Waals surface area contributed by atoms with Crippen LogP contribution in [0.15, 0.2) is 96.1 Å². The first-order valence-electron chi connectivity index (χ1n) is 9.47. The lowest BCUT2D eigenvalue weighted by atomic mass is 10.1. The third-order valence-electron chi connectivity index (χ3n) is 4.62. The number of carbonyl (C=O) groups excluding carboxylic acids is 1. The maximum Gasteiger partial charge on any atom is 0.271 e. The summed E-state index contributed by atoms with van der Waals surface area (Å²) in [4.78, 5) is 12.1. The van der Waals surface area contributed by atoms with E-state index in [2.05, 4.69) is 57.4 Å². The molecule has 4 aromatic carbocycles. The maximum atomic E-state index is 12.1. The van der Waals surface area contributed by atoms with Crippen LogP contribution in [0.1, 0.15) is 21.5 Å². The van der Waals surface area contributed by atoms with Crippen molar-refractivity contribution >= 4 is 45.5 Å². The third-order valence-corrected chi connectivity index (χ3v) is 5.34. The summed E-state index contributed by atoms with van der Waals surface area (Å²) in [5, 5.41) is 6.45. The number of benzene rings is 4. The van der Waals surface area contributed by atoms with Crippen molar-refractivity contribution in [1.29, 1.82) is 0 Å². The molecule has 0 fully saturated rings. The van der Waals surface area contributed by atoms with E-state index in [0.717, 1.165) is 20.4 Å². The van der Waals surface area contributed by atoms with Crippen molar-refractivity contribution in [3.05, 3.63) is 111 Å². The molecule has 0 spiro atoms. The number of nitrogens with one attached hydrogen (secondary N) is 1. The van der Waals surface area contributed by atoms with Gasteiger partial charge in [-0.25, -0.2) is 5.43 Å². The average Bonchev–Trinajstić information content (AvgIpc) is 2.78. The second-order valence-electron chi connectivity index (χ2n) is 6.71. The molecule has 0 aliphatic rings. The number of carbonyl (C=O) groups is 1. The molecule has 5 heteroatoms. The highest BCUT2D eigenvalue weighted by Gasteiger charge is 2.04. The molecule has 0 radical (unpaired) electrons. The molecule has 1 amide bonds. The molecule has 0 aromatic heterocycles. The summed E-state index contributed by atoms with van der Waals surface area (Å²) in [6.07, 6.45) is 1.61. The van der Waals surface area contributed by atoms with Crippen molar-refractivity contribution in [3.8, 4) is 5.75 Å². The Morgan fingerprint density at radius 1 is 0.933 bits per heavy atom. The van der Waals surface area contributed by atoms with Crippen LogP contribution in [-0.2, 0) is 6.61 Å². The van der Waals surface area contributed by atoms with E-state index in [1.807, 2.05) is 54.6 Å².